The molecule has 4 aromatic rings. The summed E-state index contributed by atoms with van der Waals surface area (Å²) in [7, 11) is 0. The third kappa shape index (κ3) is 4.49. The Morgan fingerprint density at radius 1 is 0.594 bits per heavy atom. The second kappa shape index (κ2) is 8.46. The van der Waals surface area contributed by atoms with E-state index in [9.17, 15) is 22.0 Å². The molecule has 0 saturated carbocycles. The van der Waals surface area contributed by atoms with Crippen molar-refractivity contribution in [2.24, 2.45) is 0 Å². The number of hydrogen-bond acceptors (Lipinski definition) is 1. The van der Waals surface area contributed by atoms with Gasteiger partial charge in [0.25, 0.3) is 0 Å². The molecular formula is C26H17F5O. The van der Waals surface area contributed by atoms with E-state index in [1.807, 2.05) is 31.2 Å². The Hall–Kier alpha value is -3.67. The SMILES string of the molecule is Cc1ccc(-c2ccc(-c3ccc(C(F)(F)Oc4ccc(F)c(F)c4)cc3)c(F)c2)cc1. The van der Waals surface area contributed by atoms with Crippen LogP contribution in [0.1, 0.15) is 11.1 Å². The molecule has 0 fully saturated rings. The molecule has 0 saturated heterocycles. The molecule has 0 N–H and O–H groups in total. The largest absolute Gasteiger partial charge is 0.429 e. The Morgan fingerprint density at radius 2 is 1.22 bits per heavy atom. The van der Waals surface area contributed by atoms with Crippen LogP contribution in [0.5, 0.6) is 5.75 Å². The zero-order valence-electron chi connectivity index (χ0n) is 16.9. The normalized spacial score (nSPS) is 11.4. The molecule has 1 nitrogen and oxygen atoms in total. The van der Waals surface area contributed by atoms with E-state index in [0.717, 1.165) is 29.3 Å². The smallest absolute Gasteiger partial charge is 0.426 e. The summed E-state index contributed by atoms with van der Waals surface area (Å²) in [4.78, 5) is 0. The first kappa shape index (κ1) is 21.6. The summed E-state index contributed by atoms with van der Waals surface area (Å²) in [6.45, 7) is 1.96. The average Bonchev–Trinajstić information content (AvgIpc) is 2.77. The summed E-state index contributed by atoms with van der Waals surface area (Å²) in [6, 6.07) is 19.5. The molecule has 0 atom stereocenters. The molecule has 0 bridgehead atoms. The lowest BCUT2D eigenvalue weighted by atomic mass is 9.98. The monoisotopic (exact) mass is 440 g/mol. The lowest BCUT2D eigenvalue weighted by Gasteiger charge is -2.18. The Labute approximate surface area is 181 Å². The second-order valence-electron chi connectivity index (χ2n) is 7.33. The first-order valence-electron chi connectivity index (χ1n) is 9.72. The summed E-state index contributed by atoms with van der Waals surface area (Å²) in [6.07, 6.45) is -3.79. The highest BCUT2D eigenvalue weighted by Crippen LogP contribution is 2.34. The summed E-state index contributed by atoms with van der Waals surface area (Å²) >= 11 is 0. The van der Waals surface area contributed by atoms with Crippen LogP contribution in [0.25, 0.3) is 22.3 Å². The van der Waals surface area contributed by atoms with Crippen molar-refractivity contribution in [2.45, 2.75) is 13.0 Å². The zero-order valence-corrected chi connectivity index (χ0v) is 16.9. The standard InChI is InChI=1S/C26H17F5O/c1-16-2-4-17(5-3-16)19-8-12-22(24(28)14-19)18-6-9-20(10-7-18)26(30,31)32-21-11-13-23(27)25(29)15-21/h2-15H,1H3. The van der Waals surface area contributed by atoms with Gasteiger partial charge in [-0.05, 0) is 53.9 Å². The van der Waals surface area contributed by atoms with Gasteiger partial charge in [0.2, 0.25) is 0 Å². The van der Waals surface area contributed by atoms with E-state index in [1.165, 1.54) is 18.2 Å². The third-order valence-corrected chi connectivity index (χ3v) is 5.02. The lowest BCUT2D eigenvalue weighted by molar-refractivity contribution is -0.185. The van der Waals surface area contributed by atoms with Crippen molar-refractivity contribution in [3.63, 3.8) is 0 Å². The van der Waals surface area contributed by atoms with Crippen LogP contribution in [0, 0.1) is 24.4 Å². The summed E-state index contributed by atoms with van der Waals surface area (Å²) < 4.78 is 74.4. The number of alkyl halides is 2. The van der Waals surface area contributed by atoms with E-state index in [-0.39, 0.29) is 5.56 Å². The van der Waals surface area contributed by atoms with Crippen molar-refractivity contribution in [1.82, 2.24) is 0 Å². The van der Waals surface area contributed by atoms with Gasteiger partial charge in [0.15, 0.2) is 11.6 Å². The maximum Gasteiger partial charge on any atom is 0.426 e. The maximum absolute atomic E-state index is 14.8. The molecular weight excluding hydrogens is 423 g/mol. The predicted molar refractivity (Wildman–Crippen MR) is 113 cm³/mol. The van der Waals surface area contributed by atoms with Crippen LogP contribution < -0.4 is 4.74 Å². The van der Waals surface area contributed by atoms with Crippen molar-refractivity contribution >= 4 is 0 Å². The summed E-state index contributed by atoms with van der Waals surface area (Å²) in [5.74, 6) is -3.46. The quantitative estimate of drug-likeness (QED) is 0.287. The fourth-order valence-corrected chi connectivity index (χ4v) is 3.27. The molecule has 0 aliphatic heterocycles. The summed E-state index contributed by atoms with van der Waals surface area (Å²) in [5, 5.41) is 0. The van der Waals surface area contributed by atoms with Gasteiger partial charge in [-0.15, -0.1) is 0 Å². The minimum atomic E-state index is -3.79. The molecule has 0 unspecified atom stereocenters. The van der Waals surface area contributed by atoms with Crippen molar-refractivity contribution in [3.05, 3.63) is 114 Å². The van der Waals surface area contributed by atoms with Gasteiger partial charge < -0.3 is 4.74 Å². The van der Waals surface area contributed by atoms with Gasteiger partial charge in [-0.2, -0.15) is 8.78 Å². The average molecular weight is 440 g/mol. The topological polar surface area (TPSA) is 9.23 Å². The fraction of sp³-hybridized carbons (Fsp3) is 0.0769. The molecule has 0 heterocycles. The van der Waals surface area contributed by atoms with Crippen molar-refractivity contribution < 1.29 is 26.7 Å². The highest BCUT2D eigenvalue weighted by Gasteiger charge is 2.34. The van der Waals surface area contributed by atoms with E-state index >= 15 is 0 Å². The number of benzene rings is 4. The minimum absolute atomic E-state index is 0.261. The molecule has 6 heteroatoms. The molecule has 32 heavy (non-hydrogen) atoms. The van der Waals surface area contributed by atoms with Gasteiger partial charge >= 0.3 is 6.11 Å². The van der Waals surface area contributed by atoms with Crippen molar-refractivity contribution in [1.29, 1.82) is 0 Å². The van der Waals surface area contributed by atoms with Crippen molar-refractivity contribution in [3.8, 4) is 28.0 Å². The number of halogens is 5. The van der Waals surface area contributed by atoms with Gasteiger partial charge in [0.1, 0.15) is 11.6 Å². The Morgan fingerprint density at radius 3 is 1.84 bits per heavy atom. The lowest BCUT2D eigenvalue weighted by Crippen LogP contribution is -2.21. The van der Waals surface area contributed by atoms with Crippen LogP contribution in [0.15, 0.2) is 84.9 Å². The second-order valence-corrected chi connectivity index (χ2v) is 7.33. The van der Waals surface area contributed by atoms with Gasteiger partial charge in [0.05, 0.1) is 5.56 Å². The molecule has 162 valence electrons. The number of rotatable bonds is 5. The van der Waals surface area contributed by atoms with Crippen LogP contribution in [0.4, 0.5) is 22.0 Å². The zero-order chi connectivity index (χ0) is 22.9. The first-order valence-corrected chi connectivity index (χ1v) is 9.72. The molecule has 0 radical (unpaired) electrons. The number of hydrogen-bond donors (Lipinski definition) is 0. The van der Waals surface area contributed by atoms with E-state index in [4.69, 9.17) is 0 Å². The van der Waals surface area contributed by atoms with Crippen LogP contribution in [-0.2, 0) is 6.11 Å². The van der Waals surface area contributed by atoms with Crippen LogP contribution >= 0.6 is 0 Å². The molecule has 4 rings (SSSR count). The maximum atomic E-state index is 14.8. The Kier molecular flexibility index (Phi) is 5.70. The highest BCUT2D eigenvalue weighted by atomic mass is 19.3. The van der Waals surface area contributed by atoms with Crippen LogP contribution in [0.3, 0.4) is 0 Å². The number of ether oxygens (including phenoxy) is 1. The van der Waals surface area contributed by atoms with E-state index in [0.29, 0.717) is 23.3 Å². The van der Waals surface area contributed by atoms with Gasteiger partial charge in [-0.25, -0.2) is 13.2 Å². The molecule has 4 aromatic carbocycles. The summed E-state index contributed by atoms with van der Waals surface area (Å²) in [5.41, 5.74) is 2.82. The van der Waals surface area contributed by atoms with Crippen LogP contribution in [0.2, 0.25) is 0 Å². The molecule has 0 aliphatic rings. The van der Waals surface area contributed by atoms with E-state index in [1.54, 1.807) is 12.1 Å². The molecule has 0 amide bonds. The molecule has 0 aliphatic carbocycles. The Bertz CT molecular complexity index is 1250. The van der Waals surface area contributed by atoms with E-state index < -0.39 is 34.9 Å². The first-order chi connectivity index (χ1) is 15.2. The minimum Gasteiger partial charge on any atom is -0.429 e. The van der Waals surface area contributed by atoms with Gasteiger partial charge in [-0.3, -0.25) is 0 Å². The van der Waals surface area contributed by atoms with Gasteiger partial charge in [0, 0.05) is 11.6 Å². The third-order valence-electron chi connectivity index (χ3n) is 5.02. The Balaban J connectivity index is 1.56. The van der Waals surface area contributed by atoms with E-state index in [2.05, 4.69) is 4.74 Å². The molecule has 0 spiro atoms. The van der Waals surface area contributed by atoms with Crippen LogP contribution in [-0.4, -0.2) is 0 Å². The number of aryl methyl sites for hydroxylation is 1. The highest BCUT2D eigenvalue weighted by molar-refractivity contribution is 5.71. The van der Waals surface area contributed by atoms with Crippen molar-refractivity contribution in [2.75, 3.05) is 0 Å². The van der Waals surface area contributed by atoms with Gasteiger partial charge in [-0.1, -0.05) is 54.1 Å². The molecule has 0 aromatic heterocycles. The fourth-order valence-electron chi connectivity index (χ4n) is 3.27. The predicted octanol–water partition coefficient (Wildman–Crippen LogP) is 7.87.